The van der Waals surface area contributed by atoms with E-state index < -0.39 is 0 Å². The number of halogens is 2. The lowest BCUT2D eigenvalue weighted by Crippen LogP contribution is -2.07. The molecule has 1 N–H and O–H groups in total. The Labute approximate surface area is 146 Å². The lowest BCUT2D eigenvalue weighted by Gasteiger charge is -2.11. The quantitative estimate of drug-likeness (QED) is 0.625. The number of nitrogens with zero attached hydrogens (tertiary/aromatic N) is 2. The van der Waals surface area contributed by atoms with Crippen molar-refractivity contribution in [2.75, 3.05) is 11.9 Å². The zero-order chi connectivity index (χ0) is 15.4. The first kappa shape index (κ1) is 16.9. The molecule has 0 atom stereocenters. The molecule has 2 aromatic heterocycles. The van der Waals surface area contributed by atoms with Gasteiger partial charge < -0.3 is 5.32 Å². The van der Waals surface area contributed by atoms with Crippen molar-refractivity contribution < 1.29 is 0 Å². The maximum atomic E-state index is 4.75. The zero-order valence-corrected chi connectivity index (χ0v) is 16.5. The Morgan fingerprint density at radius 3 is 2.52 bits per heavy atom. The van der Waals surface area contributed by atoms with E-state index in [0.717, 1.165) is 57.0 Å². The van der Waals surface area contributed by atoms with Crippen LogP contribution < -0.4 is 5.32 Å². The highest BCUT2D eigenvalue weighted by Crippen LogP contribution is 2.35. The summed E-state index contributed by atoms with van der Waals surface area (Å²) in [5.41, 5.74) is 1.07. The predicted octanol–water partition coefficient (Wildman–Crippen LogP) is 5.81. The molecule has 21 heavy (non-hydrogen) atoms. The van der Waals surface area contributed by atoms with Crippen LogP contribution in [0.4, 0.5) is 5.82 Å². The fraction of sp³-hybridized carbons (Fsp3) is 0.467. The maximum Gasteiger partial charge on any atom is 0.171 e. The molecule has 0 amide bonds. The lowest BCUT2D eigenvalue weighted by molar-refractivity contribution is 0.865. The molecule has 0 aliphatic heterocycles. The van der Waals surface area contributed by atoms with Crippen LogP contribution in [0.5, 0.6) is 0 Å². The van der Waals surface area contributed by atoms with Crippen LogP contribution in [0.1, 0.15) is 37.3 Å². The largest absolute Gasteiger partial charge is 0.369 e. The average Bonchev–Trinajstić information content (AvgIpc) is 2.80. The average molecular weight is 433 g/mol. The Bertz CT molecular complexity index is 606. The molecule has 0 bridgehead atoms. The van der Waals surface area contributed by atoms with Gasteiger partial charge in [-0.05, 0) is 57.7 Å². The van der Waals surface area contributed by atoms with Crippen LogP contribution in [0.15, 0.2) is 15.0 Å². The molecule has 0 aliphatic carbocycles. The third-order valence-corrected chi connectivity index (χ3v) is 5.99. The number of nitrogens with one attached hydrogen (secondary N) is 1. The highest BCUT2D eigenvalue weighted by atomic mass is 79.9. The second-order valence-electron chi connectivity index (χ2n) is 4.85. The van der Waals surface area contributed by atoms with E-state index in [1.165, 1.54) is 4.88 Å². The van der Waals surface area contributed by atoms with Crippen molar-refractivity contribution in [2.24, 2.45) is 0 Å². The minimum Gasteiger partial charge on any atom is -0.369 e. The van der Waals surface area contributed by atoms with Crippen molar-refractivity contribution in [1.29, 1.82) is 0 Å². The molecular formula is C15H19Br2N3S. The molecule has 0 spiro atoms. The maximum absolute atomic E-state index is 4.75. The fourth-order valence-electron chi connectivity index (χ4n) is 1.94. The number of hydrogen-bond donors (Lipinski definition) is 1. The highest BCUT2D eigenvalue weighted by molar-refractivity contribution is 9.11. The van der Waals surface area contributed by atoms with Gasteiger partial charge in [0.05, 0.1) is 15.0 Å². The van der Waals surface area contributed by atoms with Gasteiger partial charge in [-0.25, -0.2) is 9.97 Å². The molecule has 6 heteroatoms. The van der Waals surface area contributed by atoms with Gasteiger partial charge in [0.25, 0.3) is 0 Å². The molecule has 3 nitrogen and oxygen atoms in total. The van der Waals surface area contributed by atoms with Crippen molar-refractivity contribution in [3.8, 4) is 10.7 Å². The van der Waals surface area contributed by atoms with Gasteiger partial charge in [-0.3, -0.25) is 0 Å². The Balaban J connectivity index is 2.47. The molecule has 2 heterocycles. The van der Waals surface area contributed by atoms with Crippen LogP contribution in [0, 0.1) is 6.92 Å². The van der Waals surface area contributed by atoms with Gasteiger partial charge in [0, 0.05) is 15.9 Å². The SMILES string of the molecule is CCCNc1nc(-c2cc(Br)c(C)s2)nc(CCC)c1Br. The number of aryl methyl sites for hydroxylation is 2. The Morgan fingerprint density at radius 1 is 1.19 bits per heavy atom. The summed E-state index contributed by atoms with van der Waals surface area (Å²) >= 11 is 8.93. The number of thiophene rings is 1. The van der Waals surface area contributed by atoms with Gasteiger partial charge >= 0.3 is 0 Å². The van der Waals surface area contributed by atoms with Gasteiger partial charge in [0.15, 0.2) is 5.82 Å². The number of rotatable bonds is 6. The van der Waals surface area contributed by atoms with Crippen LogP contribution in [-0.4, -0.2) is 16.5 Å². The van der Waals surface area contributed by atoms with Gasteiger partial charge in [-0.1, -0.05) is 20.3 Å². The van der Waals surface area contributed by atoms with Crippen molar-refractivity contribution in [3.05, 3.63) is 25.6 Å². The second kappa shape index (κ2) is 7.70. The van der Waals surface area contributed by atoms with E-state index in [0.29, 0.717) is 0 Å². The van der Waals surface area contributed by atoms with E-state index in [1.807, 2.05) is 0 Å². The highest BCUT2D eigenvalue weighted by Gasteiger charge is 2.15. The lowest BCUT2D eigenvalue weighted by atomic mass is 10.2. The smallest absolute Gasteiger partial charge is 0.171 e. The minimum atomic E-state index is 0.805. The molecule has 0 saturated carbocycles. The molecule has 2 aromatic rings. The summed E-state index contributed by atoms with van der Waals surface area (Å²) in [6.45, 7) is 7.32. The monoisotopic (exact) mass is 431 g/mol. The van der Waals surface area contributed by atoms with Crippen molar-refractivity contribution in [2.45, 2.75) is 40.0 Å². The van der Waals surface area contributed by atoms with Crippen molar-refractivity contribution in [1.82, 2.24) is 9.97 Å². The molecule has 0 aromatic carbocycles. The predicted molar refractivity (Wildman–Crippen MR) is 98.3 cm³/mol. The van der Waals surface area contributed by atoms with E-state index in [2.05, 4.69) is 64.0 Å². The van der Waals surface area contributed by atoms with Crippen LogP contribution in [0.3, 0.4) is 0 Å². The number of hydrogen-bond acceptors (Lipinski definition) is 4. The van der Waals surface area contributed by atoms with Gasteiger partial charge in [0.1, 0.15) is 5.82 Å². The second-order valence-corrected chi connectivity index (χ2v) is 7.75. The van der Waals surface area contributed by atoms with Gasteiger partial charge in [-0.15, -0.1) is 11.3 Å². The molecule has 0 radical (unpaired) electrons. The number of anilines is 1. The van der Waals surface area contributed by atoms with Crippen LogP contribution in [0.2, 0.25) is 0 Å². The summed E-state index contributed by atoms with van der Waals surface area (Å²) in [6.07, 6.45) is 3.08. The summed E-state index contributed by atoms with van der Waals surface area (Å²) < 4.78 is 2.11. The molecule has 2 rings (SSSR count). The molecule has 114 valence electrons. The standard InChI is InChI=1S/C15H19Br2N3S/c1-4-6-11-13(17)15(18-7-5-2)20-14(19-11)12-8-10(16)9(3)21-12/h8H,4-7H2,1-3H3,(H,18,19,20). The van der Waals surface area contributed by atoms with Gasteiger partial charge in [-0.2, -0.15) is 0 Å². The van der Waals surface area contributed by atoms with Crippen molar-refractivity contribution in [3.63, 3.8) is 0 Å². The third-order valence-electron chi connectivity index (χ3n) is 3.03. The zero-order valence-electron chi connectivity index (χ0n) is 12.5. The van der Waals surface area contributed by atoms with Crippen LogP contribution in [-0.2, 0) is 6.42 Å². The number of aromatic nitrogens is 2. The Kier molecular flexibility index (Phi) is 6.20. The summed E-state index contributed by atoms with van der Waals surface area (Å²) in [5.74, 6) is 1.70. The summed E-state index contributed by atoms with van der Waals surface area (Å²) in [5, 5.41) is 3.39. The Morgan fingerprint density at radius 2 is 1.95 bits per heavy atom. The molecule has 0 fully saturated rings. The van der Waals surface area contributed by atoms with Gasteiger partial charge in [0.2, 0.25) is 0 Å². The topological polar surface area (TPSA) is 37.8 Å². The molecular weight excluding hydrogens is 414 g/mol. The summed E-state index contributed by atoms with van der Waals surface area (Å²) in [4.78, 5) is 11.8. The van der Waals surface area contributed by atoms with E-state index in [-0.39, 0.29) is 0 Å². The van der Waals surface area contributed by atoms with Crippen LogP contribution >= 0.6 is 43.2 Å². The molecule has 0 aliphatic rings. The van der Waals surface area contributed by atoms with E-state index in [4.69, 9.17) is 9.97 Å². The minimum absolute atomic E-state index is 0.805. The first-order valence-electron chi connectivity index (χ1n) is 7.13. The summed E-state index contributed by atoms with van der Waals surface area (Å²) in [7, 11) is 0. The fourth-order valence-corrected chi connectivity index (χ4v) is 3.92. The van der Waals surface area contributed by atoms with Crippen LogP contribution in [0.25, 0.3) is 10.7 Å². The first-order chi connectivity index (χ1) is 10.1. The Hall–Kier alpha value is -0.460. The van der Waals surface area contributed by atoms with E-state index >= 15 is 0 Å². The van der Waals surface area contributed by atoms with E-state index in [9.17, 15) is 0 Å². The summed E-state index contributed by atoms with van der Waals surface area (Å²) in [6, 6.07) is 2.10. The molecule has 0 saturated heterocycles. The first-order valence-corrected chi connectivity index (χ1v) is 9.53. The third kappa shape index (κ3) is 4.05. The molecule has 0 unspecified atom stereocenters. The normalized spacial score (nSPS) is 10.9. The van der Waals surface area contributed by atoms with E-state index in [1.54, 1.807) is 11.3 Å². The van der Waals surface area contributed by atoms with Crippen molar-refractivity contribution >= 4 is 49.0 Å².